The average Bonchev–Trinajstić information content (AvgIpc) is 2.69. The Morgan fingerprint density at radius 3 is 2.47 bits per heavy atom. The lowest BCUT2D eigenvalue weighted by Crippen LogP contribution is -2.13. The Morgan fingerprint density at radius 1 is 1.20 bits per heavy atom. The maximum absolute atomic E-state index is 4.41. The lowest BCUT2D eigenvalue weighted by molar-refractivity contribution is 0.569. The first kappa shape index (κ1) is 9.96. The molecular weight excluding hydrogens is 188 g/mol. The zero-order chi connectivity index (χ0) is 10.9. The molecule has 0 fully saturated rings. The molecule has 1 aliphatic rings. The molecule has 0 saturated carbocycles. The zero-order valence-corrected chi connectivity index (χ0v) is 9.23. The van der Waals surface area contributed by atoms with Gasteiger partial charge in [0.2, 0.25) is 0 Å². The van der Waals surface area contributed by atoms with Gasteiger partial charge < -0.3 is 0 Å². The molecule has 2 rings (SSSR count). The Labute approximate surface area is 89.2 Å². The molecule has 0 aromatic carbocycles. The topological polar surface area (TPSA) is 50.0 Å². The third-order valence-corrected chi connectivity index (χ3v) is 2.24. The number of pyridine rings is 1. The van der Waals surface area contributed by atoms with Gasteiger partial charge in [0.15, 0.2) is 12.5 Å². The van der Waals surface area contributed by atoms with E-state index in [4.69, 9.17) is 0 Å². The van der Waals surface area contributed by atoms with Crippen molar-refractivity contribution in [1.29, 1.82) is 0 Å². The highest BCUT2D eigenvalue weighted by Crippen LogP contribution is 2.20. The maximum Gasteiger partial charge on any atom is 0.180 e. The van der Waals surface area contributed by atoms with Crippen molar-refractivity contribution in [2.24, 2.45) is 15.2 Å². The smallest absolute Gasteiger partial charge is 0.180 e. The largest absolute Gasteiger partial charge is 0.260 e. The second-order valence-electron chi connectivity index (χ2n) is 4.55. The van der Waals surface area contributed by atoms with E-state index in [0.717, 1.165) is 11.3 Å². The molecule has 0 amide bonds. The molecule has 4 nitrogen and oxygen atoms in total. The van der Waals surface area contributed by atoms with Crippen LogP contribution < -0.4 is 0 Å². The number of hydrogen-bond donors (Lipinski definition) is 0. The summed E-state index contributed by atoms with van der Waals surface area (Å²) in [5, 5.41) is 7.74. The predicted molar refractivity (Wildman–Crippen MR) is 59.2 cm³/mol. The highest BCUT2D eigenvalue weighted by molar-refractivity contribution is 5.99. The van der Waals surface area contributed by atoms with Gasteiger partial charge in [0.1, 0.15) is 0 Å². The lowest BCUT2D eigenvalue weighted by atomic mass is 9.91. The highest BCUT2D eigenvalue weighted by atomic mass is 15.2. The molecule has 0 unspecified atom stereocenters. The van der Waals surface area contributed by atoms with Gasteiger partial charge in [0.05, 0.1) is 0 Å². The minimum Gasteiger partial charge on any atom is -0.260 e. The Hall–Kier alpha value is -1.58. The van der Waals surface area contributed by atoms with Crippen molar-refractivity contribution in [1.82, 2.24) is 4.98 Å². The molecular formula is C11H14N4. The predicted octanol–water partition coefficient (Wildman–Crippen LogP) is 2.55. The van der Waals surface area contributed by atoms with E-state index in [1.807, 2.05) is 18.3 Å². The third-order valence-electron chi connectivity index (χ3n) is 2.24. The van der Waals surface area contributed by atoms with Gasteiger partial charge >= 0.3 is 0 Å². The Kier molecular flexibility index (Phi) is 2.34. The van der Waals surface area contributed by atoms with Crippen molar-refractivity contribution in [3.05, 3.63) is 29.6 Å². The highest BCUT2D eigenvalue weighted by Gasteiger charge is 2.15. The summed E-state index contributed by atoms with van der Waals surface area (Å²) in [5.41, 5.74) is 2.09. The van der Waals surface area contributed by atoms with Crippen molar-refractivity contribution in [2.75, 3.05) is 6.67 Å². The van der Waals surface area contributed by atoms with Gasteiger partial charge in [-0.05, 0) is 12.1 Å². The Balaban J connectivity index is 2.28. The van der Waals surface area contributed by atoms with E-state index in [9.17, 15) is 0 Å². The normalized spacial score (nSPS) is 15.5. The first-order valence-electron chi connectivity index (χ1n) is 4.96. The molecule has 4 heteroatoms. The molecule has 15 heavy (non-hydrogen) atoms. The van der Waals surface area contributed by atoms with Gasteiger partial charge in [-0.25, -0.2) is 4.99 Å². The van der Waals surface area contributed by atoms with Crippen LogP contribution in [0.2, 0.25) is 0 Å². The minimum absolute atomic E-state index is 0.0809. The van der Waals surface area contributed by atoms with Crippen molar-refractivity contribution in [3.8, 4) is 0 Å². The second kappa shape index (κ2) is 3.53. The van der Waals surface area contributed by atoms with Crippen LogP contribution in [0.15, 0.2) is 33.6 Å². The summed E-state index contributed by atoms with van der Waals surface area (Å²) in [4.78, 5) is 8.55. The number of aliphatic imine (C=N–C) groups is 1. The second-order valence-corrected chi connectivity index (χ2v) is 4.55. The SMILES string of the molecule is CC(C)(C)c1ccc(C2=NCN=N2)cn1. The van der Waals surface area contributed by atoms with E-state index in [2.05, 4.69) is 41.0 Å². The van der Waals surface area contributed by atoms with Crippen molar-refractivity contribution in [2.45, 2.75) is 26.2 Å². The monoisotopic (exact) mass is 202 g/mol. The lowest BCUT2D eigenvalue weighted by Gasteiger charge is -2.17. The molecule has 0 atom stereocenters. The van der Waals surface area contributed by atoms with Crippen molar-refractivity contribution < 1.29 is 0 Å². The van der Waals surface area contributed by atoms with E-state index in [0.29, 0.717) is 12.5 Å². The third kappa shape index (κ3) is 2.09. The molecule has 0 bridgehead atoms. The number of nitrogens with zero attached hydrogens (tertiary/aromatic N) is 4. The molecule has 0 N–H and O–H groups in total. The van der Waals surface area contributed by atoms with Gasteiger partial charge in [-0.3, -0.25) is 4.98 Å². The van der Waals surface area contributed by atoms with Gasteiger partial charge in [-0.1, -0.05) is 20.8 Å². The van der Waals surface area contributed by atoms with Crippen molar-refractivity contribution >= 4 is 5.84 Å². The molecule has 0 aliphatic carbocycles. The summed E-state index contributed by atoms with van der Waals surface area (Å²) in [6.45, 7) is 6.86. The zero-order valence-electron chi connectivity index (χ0n) is 9.23. The summed E-state index contributed by atoms with van der Waals surface area (Å²) >= 11 is 0. The molecule has 0 radical (unpaired) electrons. The summed E-state index contributed by atoms with van der Waals surface area (Å²) < 4.78 is 0. The minimum atomic E-state index is 0.0809. The summed E-state index contributed by atoms with van der Waals surface area (Å²) in [7, 11) is 0. The van der Waals surface area contributed by atoms with Crippen LogP contribution in [0.4, 0.5) is 0 Å². The molecule has 1 aromatic heterocycles. The molecule has 2 heterocycles. The quantitative estimate of drug-likeness (QED) is 0.690. The van der Waals surface area contributed by atoms with Crippen LogP contribution >= 0.6 is 0 Å². The maximum atomic E-state index is 4.41. The fourth-order valence-corrected chi connectivity index (χ4v) is 1.35. The number of amidine groups is 1. The first-order valence-corrected chi connectivity index (χ1v) is 4.96. The summed E-state index contributed by atoms with van der Waals surface area (Å²) in [6, 6.07) is 4.02. The molecule has 1 aromatic rings. The standard InChI is InChI=1S/C11H14N4/c1-11(2,3)9-5-4-8(6-12-9)10-13-7-14-15-10/h4-6H,7H2,1-3H3. The van der Waals surface area contributed by atoms with E-state index in [-0.39, 0.29) is 5.41 Å². The fraction of sp³-hybridized carbons (Fsp3) is 0.455. The van der Waals surface area contributed by atoms with Crippen LogP contribution in [0.5, 0.6) is 0 Å². The van der Waals surface area contributed by atoms with E-state index < -0.39 is 0 Å². The number of hydrogen-bond acceptors (Lipinski definition) is 4. The van der Waals surface area contributed by atoms with Gasteiger partial charge in [-0.2, -0.15) is 5.11 Å². The molecule has 78 valence electrons. The summed E-state index contributed by atoms with van der Waals surface area (Å²) in [6.07, 6.45) is 1.81. The Bertz CT molecular complexity index is 409. The van der Waals surface area contributed by atoms with E-state index >= 15 is 0 Å². The van der Waals surface area contributed by atoms with E-state index in [1.54, 1.807) is 0 Å². The van der Waals surface area contributed by atoms with Crippen LogP contribution in [-0.2, 0) is 5.41 Å². The number of aromatic nitrogens is 1. The van der Waals surface area contributed by atoms with Gasteiger partial charge in [-0.15, -0.1) is 5.11 Å². The van der Waals surface area contributed by atoms with Crippen LogP contribution in [0.1, 0.15) is 32.0 Å². The number of rotatable bonds is 1. The summed E-state index contributed by atoms with van der Waals surface area (Å²) in [5.74, 6) is 0.683. The first-order chi connectivity index (χ1) is 7.07. The van der Waals surface area contributed by atoms with Gasteiger partial charge in [0.25, 0.3) is 0 Å². The van der Waals surface area contributed by atoms with Crippen LogP contribution in [0.25, 0.3) is 0 Å². The number of azo groups is 1. The van der Waals surface area contributed by atoms with Crippen LogP contribution in [-0.4, -0.2) is 17.5 Å². The molecule has 1 aliphatic heterocycles. The molecule has 0 spiro atoms. The van der Waals surface area contributed by atoms with Crippen molar-refractivity contribution in [3.63, 3.8) is 0 Å². The average molecular weight is 202 g/mol. The molecule has 0 saturated heterocycles. The van der Waals surface area contributed by atoms with Crippen LogP contribution in [0.3, 0.4) is 0 Å². The Morgan fingerprint density at radius 2 is 2.00 bits per heavy atom. The van der Waals surface area contributed by atoms with Gasteiger partial charge in [0, 0.05) is 22.9 Å². The van der Waals surface area contributed by atoms with Crippen LogP contribution in [0, 0.1) is 0 Å². The van der Waals surface area contributed by atoms with E-state index in [1.165, 1.54) is 0 Å². The fourth-order valence-electron chi connectivity index (χ4n) is 1.35.